The molecule has 1 aliphatic rings. The van der Waals surface area contributed by atoms with Gasteiger partial charge >= 0.3 is 21.6 Å². The van der Waals surface area contributed by atoms with Crippen LogP contribution in [0.2, 0.25) is 0 Å². The molecule has 1 rings (SSSR count). The van der Waals surface area contributed by atoms with Crippen molar-refractivity contribution in [3.63, 3.8) is 0 Å². The lowest BCUT2D eigenvalue weighted by molar-refractivity contribution is -0.155. The molecule has 1 saturated heterocycles. The second-order valence-electron chi connectivity index (χ2n) is 3.08. The number of ether oxygens (including phenoxy) is 2. The molecule has 1 atom stereocenters. The molecule has 88 valence electrons. The molecule has 0 aromatic rings. The van der Waals surface area contributed by atoms with Crippen LogP contribution < -0.4 is 0 Å². The van der Waals surface area contributed by atoms with Crippen LogP contribution in [-0.2, 0) is 24.4 Å². The van der Waals surface area contributed by atoms with Crippen molar-refractivity contribution in [1.29, 1.82) is 0 Å². The SMILES string of the molecule is O=C(OC1CCOCC1)C(F)S(=O)(=O)O. The monoisotopic (exact) mass is 242 g/mol. The van der Waals surface area contributed by atoms with E-state index < -0.39 is 27.7 Å². The molecule has 1 heterocycles. The van der Waals surface area contributed by atoms with E-state index in [0.717, 1.165) is 0 Å². The highest BCUT2D eigenvalue weighted by molar-refractivity contribution is 7.87. The molecular weight excluding hydrogens is 231 g/mol. The summed E-state index contributed by atoms with van der Waals surface area (Å²) in [6.45, 7) is 0.752. The standard InChI is InChI=1S/C7H11FO6S/c8-6(15(10,11)12)7(9)14-5-1-3-13-4-2-5/h5-6H,1-4H2,(H,10,11,12). The Morgan fingerprint density at radius 1 is 1.47 bits per heavy atom. The summed E-state index contributed by atoms with van der Waals surface area (Å²) in [6, 6.07) is 0. The van der Waals surface area contributed by atoms with Crippen LogP contribution in [0.5, 0.6) is 0 Å². The van der Waals surface area contributed by atoms with Crippen molar-refractivity contribution >= 4 is 16.1 Å². The molecule has 0 amide bonds. The Bertz CT molecular complexity index is 320. The smallest absolute Gasteiger partial charge is 0.359 e. The van der Waals surface area contributed by atoms with Crippen molar-refractivity contribution in [1.82, 2.24) is 0 Å². The Hall–Kier alpha value is -0.730. The van der Waals surface area contributed by atoms with E-state index >= 15 is 0 Å². The predicted molar refractivity (Wildman–Crippen MR) is 46.4 cm³/mol. The molecule has 1 aliphatic heterocycles. The molecule has 8 heteroatoms. The Morgan fingerprint density at radius 3 is 2.47 bits per heavy atom. The van der Waals surface area contributed by atoms with E-state index in [2.05, 4.69) is 4.74 Å². The average Bonchev–Trinajstić information content (AvgIpc) is 2.16. The topological polar surface area (TPSA) is 89.9 Å². The van der Waals surface area contributed by atoms with E-state index in [1.807, 2.05) is 0 Å². The predicted octanol–water partition coefficient (Wildman–Crippen LogP) is -0.108. The van der Waals surface area contributed by atoms with Crippen LogP contribution in [-0.4, -0.2) is 43.8 Å². The van der Waals surface area contributed by atoms with Crippen LogP contribution in [0.3, 0.4) is 0 Å². The lowest BCUT2D eigenvalue weighted by Crippen LogP contribution is -2.33. The normalized spacial score (nSPS) is 20.9. The van der Waals surface area contributed by atoms with Crippen molar-refractivity contribution in [3.8, 4) is 0 Å². The second-order valence-corrected chi connectivity index (χ2v) is 4.52. The average molecular weight is 242 g/mol. The van der Waals surface area contributed by atoms with Gasteiger partial charge in [0, 0.05) is 12.8 Å². The zero-order chi connectivity index (χ0) is 11.5. The van der Waals surface area contributed by atoms with Gasteiger partial charge in [-0.1, -0.05) is 0 Å². The molecule has 0 saturated carbocycles. The fourth-order valence-corrected chi connectivity index (χ4v) is 1.43. The highest BCUT2D eigenvalue weighted by atomic mass is 32.2. The molecule has 0 bridgehead atoms. The van der Waals surface area contributed by atoms with Crippen LogP contribution in [0.1, 0.15) is 12.8 Å². The molecular formula is C7H11FO6S. The molecule has 6 nitrogen and oxygen atoms in total. The lowest BCUT2D eigenvalue weighted by Gasteiger charge is -2.22. The van der Waals surface area contributed by atoms with Gasteiger partial charge in [-0.05, 0) is 0 Å². The summed E-state index contributed by atoms with van der Waals surface area (Å²) in [6.07, 6.45) is 0.236. The van der Waals surface area contributed by atoms with Gasteiger partial charge in [-0.15, -0.1) is 0 Å². The molecule has 0 aliphatic carbocycles. The highest BCUT2D eigenvalue weighted by Gasteiger charge is 2.34. The maximum Gasteiger partial charge on any atom is 0.359 e. The summed E-state index contributed by atoms with van der Waals surface area (Å²) in [5, 5.41) is 0. The minimum atomic E-state index is -5.03. The minimum Gasteiger partial charge on any atom is -0.459 e. The number of carbonyl (C=O) groups is 1. The zero-order valence-corrected chi connectivity index (χ0v) is 8.57. The molecule has 1 fully saturated rings. The first-order valence-electron chi connectivity index (χ1n) is 4.30. The van der Waals surface area contributed by atoms with E-state index in [4.69, 9.17) is 9.29 Å². The lowest BCUT2D eigenvalue weighted by atomic mass is 10.2. The number of hydrogen-bond donors (Lipinski definition) is 1. The van der Waals surface area contributed by atoms with Crippen LogP contribution >= 0.6 is 0 Å². The first-order chi connectivity index (χ1) is 6.91. The van der Waals surface area contributed by atoms with E-state index in [-0.39, 0.29) is 0 Å². The summed E-state index contributed by atoms with van der Waals surface area (Å²) in [5.74, 6) is -1.58. The summed E-state index contributed by atoms with van der Waals surface area (Å²) in [4.78, 5) is 10.9. The summed E-state index contributed by atoms with van der Waals surface area (Å²) in [5.41, 5.74) is -3.03. The van der Waals surface area contributed by atoms with Crippen LogP contribution in [0.15, 0.2) is 0 Å². The van der Waals surface area contributed by atoms with Crippen molar-refractivity contribution in [3.05, 3.63) is 0 Å². The van der Waals surface area contributed by atoms with E-state index in [1.54, 1.807) is 0 Å². The molecule has 15 heavy (non-hydrogen) atoms. The van der Waals surface area contributed by atoms with Gasteiger partial charge in [-0.2, -0.15) is 8.42 Å². The highest BCUT2D eigenvalue weighted by Crippen LogP contribution is 2.13. The maximum atomic E-state index is 12.7. The third-order valence-corrected chi connectivity index (χ3v) is 2.61. The summed E-state index contributed by atoms with van der Waals surface area (Å²) in [7, 11) is -5.03. The molecule has 1 N–H and O–H groups in total. The van der Waals surface area contributed by atoms with Gasteiger partial charge in [0.2, 0.25) is 0 Å². The first kappa shape index (κ1) is 12.3. The Morgan fingerprint density at radius 2 is 2.00 bits per heavy atom. The first-order valence-corrected chi connectivity index (χ1v) is 5.80. The Kier molecular flexibility index (Phi) is 4.00. The van der Waals surface area contributed by atoms with Crippen molar-refractivity contribution in [2.24, 2.45) is 0 Å². The number of rotatable bonds is 3. The van der Waals surface area contributed by atoms with Gasteiger partial charge in [-0.3, -0.25) is 4.55 Å². The Balaban J connectivity index is 2.47. The second kappa shape index (κ2) is 4.86. The van der Waals surface area contributed by atoms with Gasteiger partial charge in [0.05, 0.1) is 13.2 Å². The van der Waals surface area contributed by atoms with Gasteiger partial charge in [0.15, 0.2) is 0 Å². The number of esters is 1. The number of alkyl halides is 1. The van der Waals surface area contributed by atoms with Crippen molar-refractivity contribution < 1.29 is 31.6 Å². The van der Waals surface area contributed by atoms with E-state index in [1.165, 1.54) is 0 Å². The van der Waals surface area contributed by atoms with Crippen molar-refractivity contribution in [2.75, 3.05) is 13.2 Å². The fourth-order valence-electron chi connectivity index (χ4n) is 1.13. The van der Waals surface area contributed by atoms with E-state index in [9.17, 15) is 17.6 Å². The number of carbonyl (C=O) groups excluding carboxylic acids is 1. The van der Waals surface area contributed by atoms with Crippen molar-refractivity contribution in [2.45, 2.75) is 24.4 Å². The zero-order valence-electron chi connectivity index (χ0n) is 7.76. The fraction of sp³-hybridized carbons (Fsp3) is 0.857. The molecule has 0 aromatic heterocycles. The van der Waals surface area contributed by atoms with Gasteiger partial charge in [0.25, 0.3) is 0 Å². The number of hydrogen-bond acceptors (Lipinski definition) is 5. The maximum absolute atomic E-state index is 12.7. The third kappa shape index (κ3) is 3.73. The molecule has 1 unspecified atom stereocenters. The minimum absolute atomic E-state index is 0.376. The molecule has 0 radical (unpaired) electrons. The molecule has 0 spiro atoms. The van der Waals surface area contributed by atoms with Gasteiger partial charge in [0.1, 0.15) is 6.10 Å². The summed E-state index contributed by atoms with van der Waals surface area (Å²) >= 11 is 0. The van der Waals surface area contributed by atoms with Crippen LogP contribution in [0.4, 0.5) is 4.39 Å². The number of halogens is 1. The Labute approximate surface area is 86.1 Å². The van der Waals surface area contributed by atoms with Gasteiger partial charge < -0.3 is 9.47 Å². The summed E-state index contributed by atoms with van der Waals surface area (Å²) < 4.78 is 51.0. The van der Waals surface area contributed by atoms with Gasteiger partial charge in [-0.25, -0.2) is 9.18 Å². The van der Waals surface area contributed by atoms with Crippen LogP contribution in [0, 0.1) is 0 Å². The quantitative estimate of drug-likeness (QED) is 0.548. The van der Waals surface area contributed by atoms with Crippen LogP contribution in [0.25, 0.3) is 0 Å². The third-order valence-electron chi connectivity index (χ3n) is 1.90. The molecule has 0 aromatic carbocycles. The largest absolute Gasteiger partial charge is 0.459 e. The van der Waals surface area contributed by atoms with E-state index in [0.29, 0.717) is 26.1 Å².